The summed E-state index contributed by atoms with van der Waals surface area (Å²) in [7, 11) is 1.88. The number of fused-ring (bicyclic) bond motifs is 3. The molecule has 0 aliphatic heterocycles. The minimum absolute atomic E-state index is 0.103. The van der Waals surface area contributed by atoms with Crippen LogP contribution in [0.3, 0.4) is 0 Å². The Balaban J connectivity index is 2.45. The van der Waals surface area contributed by atoms with E-state index in [1.807, 2.05) is 38.2 Å². The molecule has 15 heavy (non-hydrogen) atoms. The molecule has 0 N–H and O–H groups in total. The predicted molar refractivity (Wildman–Crippen MR) is 56.8 cm³/mol. The van der Waals surface area contributed by atoms with Gasteiger partial charge in [-0.25, -0.2) is 0 Å². The summed E-state index contributed by atoms with van der Waals surface area (Å²) in [6.45, 7) is 1.88. The van der Waals surface area contributed by atoms with Crippen LogP contribution >= 0.6 is 0 Å². The Kier molecular flexibility index (Phi) is 1.44. The highest BCUT2D eigenvalue weighted by Crippen LogP contribution is 2.37. The lowest BCUT2D eigenvalue weighted by Gasteiger charge is -1.99. The van der Waals surface area contributed by atoms with Crippen molar-refractivity contribution in [2.45, 2.75) is 6.92 Å². The Labute approximate surface area is 87.3 Å². The molecule has 2 aromatic rings. The Morgan fingerprint density at radius 2 is 1.87 bits per heavy atom. The van der Waals surface area contributed by atoms with Crippen LogP contribution in [-0.2, 0) is 7.05 Å². The SMILES string of the molecule is Cc1nn(C)c2c1C(=O)c1ccccc1-2. The zero-order chi connectivity index (χ0) is 10.6. The summed E-state index contributed by atoms with van der Waals surface area (Å²) in [5.41, 5.74) is 4.32. The lowest BCUT2D eigenvalue weighted by molar-refractivity contribution is 0.104. The molecule has 0 saturated carbocycles. The Morgan fingerprint density at radius 1 is 1.20 bits per heavy atom. The van der Waals surface area contributed by atoms with Gasteiger partial charge in [-0.05, 0) is 6.92 Å². The molecule has 0 spiro atoms. The molecule has 0 fully saturated rings. The molecule has 74 valence electrons. The zero-order valence-corrected chi connectivity index (χ0v) is 8.61. The van der Waals surface area contributed by atoms with Crippen molar-refractivity contribution >= 4 is 5.78 Å². The van der Waals surface area contributed by atoms with Crippen LogP contribution in [0.2, 0.25) is 0 Å². The maximum absolute atomic E-state index is 12.1. The number of aryl methyl sites for hydroxylation is 2. The number of hydrogen-bond acceptors (Lipinski definition) is 2. The van der Waals surface area contributed by atoms with E-state index in [1.165, 1.54) is 0 Å². The zero-order valence-electron chi connectivity index (χ0n) is 8.61. The number of carbonyl (C=O) groups is 1. The summed E-state index contributed by atoms with van der Waals surface area (Å²) in [5, 5.41) is 4.28. The Bertz CT molecular complexity index is 581. The first-order valence-corrected chi connectivity index (χ1v) is 4.88. The highest BCUT2D eigenvalue weighted by atomic mass is 16.1. The van der Waals surface area contributed by atoms with Crippen LogP contribution in [0.25, 0.3) is 11.3 Å². The van der Waals surface area contributed by atoms with Crippen molar-refractivity contribution in [1.29, 1.82) is 0 Å². The first-order chi connectivity index (χ1) is 7.20. The van der Waals surface area contributed by atoms with Crippen LogP contribution in [0.1, 0.15) is 21.6 Å². The van der Waals surface area contributed by atoms with E-state index in [0.29, 0.717) is 0 Å². The van der Waals surface area contributed by atoms with E-state index in [2.05, 4.69) is 5.10 Å². The van der Waals surface area contributed by atoms with E-state index in [0.717, 1.165) is 28.1 Å². The first kappa shape index (κ1) is 8.41. The first-order valence-electron chi connectivity index (χ1n) is 4.88. The van der Waals surface area contributed by atoms with Gasteiger partial charge < -0.3 is 0 Å². The smallest absolute Gasteiger partial charge is 0.197 e. The van der Waals surface area contributed by atoms with Crippen molar-refractivity contribution in [3.05, 3.63) is 41.1 Å². The molecule has 3 heteroatoms. The van der Waals surface area contributed by atoms with Gasteiger partial charge in [0.05, 0.1) is 17.0 Å². The van der Waals surface area contributed by atoms with Crippen molar-refractivity contribution in [3.63, 3.8) is 0 Å². The number of aromatic nitrogens is 2. The number of carbonyl (C=O) groups excluding carboxylic acids is 1. The summed E-state index contributed by atoms with van der Waals surface area (Å²) >= 11 is 0. The van der Waals surface area contributed by atoms with Crippen LogP contribution in [0.5, 0.6) is 0 Å². The van der Waals surface area contributed by atoms with E-state index in [1.54, 1.807) is 4.68 Å². The van der Waals surface area contributed by atoms with Gasteiger partial charge in [-0.1, -0.05) is 24.3 Å². The second kappa shape index (κ2) is 2.57. The number of hydrogen-bond donors (Lipinski definition) is 0. The number of ketones is 1. The molecule has 1 aliphatic carbocycles. The summed E-state index contributed by atoms with van der Waals surface area (Å²) in [6, 6.07) is 7.69. The highest BCUT2D eigenvalue weighted by molar-refractivity contribution is 6.21. The maximum Gasteiger partial charge on any atom is 0.197 e. The van der Waals surface area contributed by atoms with Crippen LogP contribution < -0.4 is 0 Å². The molecule has 1 heterocycles. The third-order valence-corrected chi connectivity index (χ3v) is 2.88. The standard InChI is InChI=1S/C12H10N2O/c1-7-10-11(14(2)13-7)8-5-3-4-6-9(8)12(10)15/h3-6H,1-2H3. The Morgan fingerprint density at radius 3 is 2.60 bits per heavy atom. The summed E-state index contributed by atoms with van der Waals surface area (Å²) in [4.78, 5) is 12.1. The van der Waals surface area contributed by atoms with Gasteiger partial charge in [-0.2, -0.15) is 5.10 Å². The van der Waals surface area contributed by atoms with Crippen molar-refractivity contribution in [1.82, 2.24) is 9.78 Å². The fraction of sp³-hybridized carbons (Fsp3) is 0.167. The van der Waals surface area contributed by atoms with E-state index in [4.69, 9.17) is 0 Å². The van der Waals surface area contributed by atoms with Crippen molar-refractivity contribution in [2.75, 3.05) is 0 Å². The second-order valence-electron chi connectivity index (χ2n) is 3.81. The topological polar surface area (TPSA) is 34.9 Å². The Hall–Kier alpha value is -1.90. The summed E-state index contributed by atoms with van der Waals surface area (Å²) < 4.78 is 1.79. The molecule has 3 rings (SSSR count). The fourth-order valence-corrected chi connectivity index (χ4v) is 2.26. The van der Waals surface area contributed by atoms with Crippen LogP contribution in [-0.4, -0.2) is 15.6 Å². The molecule has 0 saturated heterocycles. The number of rotatable bonds is 0. The van der Waals surface area contributed by atoms with E-state index in [-0.39, 0.29) is 5.78 Å². The normalized spacial score (nSPS) is 12.8. The average Bonchev–Trinajstić information content (AvgIpc) is 2.68. The predicted octanol–water partition coefficient (Wildman–Crippen LogP) is 1.94. The van der Waals surface area contributed by atoms with Gasteiger partial charge in [0.25, 0.3) is 0 Å². The van der Waals surface area contributed by atoms with Crippen LogP contribution in [0, 0.1) is 6.92 Å². The van der Waals surface area contributed by atoms with Crippen LogP contribution in [0.15, 0.2) is 24.3 Å². The number of benzene rings is 1. The van der Waals surface area contributed by atoms with Gasteiger partial charge in [-0.3, -0.25) is 9.48 Å². The lowest BCUT2D eigenvalue weighted by atomic mass is 10.1. The molecule has 3 nitrogen and oxygen atoms in total. The van der Waals surface area contributed by atoms with Gasteiger partial charge in [0, 0.05) is 18.2 Å². The molecule has 1 aliphatic rings. The van der Waals surface area contributed by atoms with Gasteiger partial charge in [0.15, 0.2) is 5.78 Å². The van der Waals surface area contributed by atoms with E-state index in [9.17, 15) is 4.79 Å². The number of nitrogens with zero attached hydrogens (tertiary/aromatic N) is 2. The molecule has 1 aromatic carbocycles. The second-order valence-corrected chi connectivity index (χ2v) is 3.81. The summed E-state index contributed by atoms with van der Waals surface area (Å²) in [6.07, 6.45) is 0. The molecule has 0 unspecified atom stereocenters. The van der Waals surface area contributed by atoms with Crippen LogP contribution in [0.4, 0.5) is 0 Å². The van der Waals surface area contributed by atoms with E-state index >= 15 is 0 Å². The molecule has 0 bridgehead atoms. The third-order valence-electron chi connectivity index (χ3n) is 2.88. The minimum atomic E-state index is 0.103. The van der Waals surface area contributed by atoms with Gasteiger partial charge in [0.2, 0.25) is 0 Å². The molecule has 0 atom stereocenters. The molecular weight excluding hydrogens is 188 g/mol. The summed E-state index contributed by atoms with van der Waals surface area (Å²) in [5.74, 6) is 0.103. The average molecular weight is 198 g/mol. The lowest BCUT2D eigenvalue weighted by Crippen LogP contribution is -1.97. The van der Waals surface area contributed by atoms with Crippen molar-refractivity contribution in [2.24, 2.45) is 7.05 Å². The highest BCUT2D eigenvalue weighted by Gasteiger charge is 2.31. The van der Waals surface area contributed by atoms with Gasteiger partial charge in [0.1, 0.15) is 0 Å². The third kappa shape index (κ3) is 0.897. The molecule has 1 aromatic heterocycles. The quantitative estimate of drug-likeness (QED) is 0.553. The van der Waals surface area contributed by atoms with Crippen molar-refractivity contribution < 1.29 is 4.79 Å². The molecule has 0 amide bonds. The monoisotopic (exact) mass is 198 g/mol. The fourth-order valence-electron chi connectivity index (χ4n) is 2.26. The van der Waals surface area contributed by atoms with Crippen molar-refractivity contribution in [3.8, 4) is 11.3 Å². The van der Waals surface area contributed by atoms with Gasteiger partial charge in [-0.15, -0.1) is 0 Å². The van der Waals surface area contributed by atoms with E-state index < -0.39 is 0 Å². The molecular formula is C12H10N2O. The molecule has 0 radical (unpaired) electrons. The van der Waals surface area contributed by atoms with Gasteiger partial charge >= 0.3 is 0 Å². The maximum atomic E-state index is 12.1. The largest absolute Gasteiger partial charge is 0.288 e. The minimum Gasteiger partial charge on any atom is -0.288 e.